The lowest BCUT2D eigenvalue weighted by atomic mass is 10.1. The van der Waals surface area contributed by atoms with Crippen molar-refractivity contribution >= 4 is 41.0 Å². The van der Waals surface area contributed by atoms with Crippen LogP contribution in [0.4, 0.5) is 0 Å². The third-order valence-electron chi connectivity index (χ3n) is 3.86. The second-order valence-corrected chi connectivity index (χ2v) is 7.34. The molecule has 1 atom stereocenters. The maximum Gasteiger partial charge on any atom is 0.343 e. The second-order valence-electron chi connectivity index (χ2n) is 6.15. The molecule has 9 heteroatoms. The zero-order chi connectivity index (χ0) is 20.8. The fourth-order valence-electron chi connectivity index (χ4n) is 2.36. The molecule has 1 N–H and O–H groups in total. The molecular weight excluding hydrogens is 394 g/mol. The van der Waals surface area contributed by atoms with E-state index in [1.165, 1.54) is 6.21 Å². The molecule has 0 bridgehead atoms. The molecule has 1 amide bonds. The standard InChI is InChI=1S/C20H17N3O5S/c1-12-2-6-14(7-3-12)19(27)28-15-8-4-13(5-9-15)11-21-23-20-22-18(26)16(29-20)10-17(24)25/h2-9,11,16H,10H2,1H3,(H,24,25)(H,22,23,26)/p-1/b21-11-/t16-/m1/s1. The highest BCUT2D eigenvalue weighted by atomic mass is 32.2. The Kier molecular flexibility index (Phi) is 6.40. The van der Waals surface area contributed by atoms with Gasteiger partial charge in [0.2, 0.25) is 5.91 Å². The topological polar surface area (TPSA) is 120 Å². The molecule has 8 nitrogen and oxygen atoms in total. The van der Waals surface area contributed by atoms with Crippen LogP contribution in [-0.4, -0.2) is 34.5 Å². The highest BCUT2D eigenvalue weighted by Gasteiger charge is 2.30. The number of benzene rings is 2. The fourth-order valence-corrected chi connectivity index (χ4v) is 3.27. The van der Waals surface area contributed by atoms with Crippen LogP contribution in [0.15, 0.2) is 58.7 Å². The first-order chi connectivity index (χ1) is 13.9. The summed E-state index contributed by atoms with van der Waals surface area (Å²) in [5, 5.41) is 20.2. The Bertz CT molecular complexity index is 984. The molecule has 0 spiro atoms. The van der Waals surface area contributed by atoms with E-state index in [-0.39, 0.29) is 11.6 Å². The van der Waals surface area contributed by atoms with Crippen molar-refractivity contribution in [2.75, 3.05) is 0 Å². The Hall–Kier alpha value is -3.46. The van der Waals surface area contributed by atoms with Gasteiger partial charge in [0.05, 0.1) is 17.0 Å². The van der Waals surface area contributed by atoms with Crippen LogP contribution in [-0.2, 0) is 9.59 Å². The number of nitrogens with zero attached hydrogens (tertiary/aromatic N) is 2. The molecule has 2 aromatic carbocycles. The minimum Gasteiger partial charge on any atom is -0.550 e. The number of carbonyl (C=O) groups excluding carboxylic acids is 3. The third kappa shape index (κ3) is 5.76. The molecule has 2 aromatic rings. The van der Waals surface area contributed by atoms with Crippen LogP contribution in [0.3, 0.4) is 0 Å². The predicted molar refractivity (Wildman–Crippen MR) is 107 cm³/mol. The van der Waals surface area contributed by atoms with Crippen molar-refractivity contribution in [1.82, 2.24) is 5.32 Å². The van der Waals surface area contributed by atoms with Crippen LogP contribution >= 0.6 is 11.8 Å². The molecule has 29 heavy (non-hydrogen) atoms. The number of amides is 1. The van der Waals surface area contributed by atoms with Gasteiger partial charge in [0.25, 0.3) is 0 Å². The summed E-state index contributed by atoms with van der Waals surface area (Å²) in [4.78, 5) is 34.3. The summed E-state index contributed by atoms with van der Waals surface area (Å²) in [6.45, 7) is 1.94. The largest absolute Gasteiger partial charge is 0.550 e. The zero-order valence-electron chi connectivity index (χ0n) is 15.3. The molecule has 1 aliphatic heterocycles. The number of carboxylic acid groups (broad SMARTS) is 1. The molecule has 148 valence electrons. The van der Waals surface area contributed by atoms with Crippen LogP contribution in [0.1, 0.15) is 27.9 Å². The first-order valence-corrected chi connectivity index (χ1v) is 9.46. The van der Waals surface area contributed by atoms with Crippen LogP contribution in [0, 0.1) is 6.92 Å². The number of thioether (sulfide) groups is 1. The summed E-state index contributed by atoms with van der Waals surface area (Å²) < 4.78 is 5.32. The minimum atomic E-state index is -1.30. The molecule has 0 radical (unpaired) electrons. The van der Waals surface area contributed by atoms with Crippen LogP contribution in [0.25, 0.3) is 0 Å². The molecule has 3 rings (SSSR count). The molecule has 1 fully saturated rings. The summed E-state index contributed by atoms with van der Waals surface area (Å²) in [5.74, 6) is -1.79. The van der Waals surface area contributed by atoms with E-state index < -0.39 is 23.1 Å². The van der Waals surface area contributed by atoms with Gasteiger partial charge in [-0.15, -0.1) is 5.10 Å². The maximum atomic E-state index is 12.1. The number of esters is 1. The molecule has 0 unspecified atom stereocenters. The Morgan fingerprint density at radius 3 is 2.52 bits per heavy atom. The number of aryl methyl sites for hydroxylation is 1. The van der Waals surface area contributed by atoms with E-state index in [1.807, 2.05) is 19.1 Å². The highest BCUT2D eigenvalue weighted by molar-refractivity contribution is 8.15. The van der Waals surface area contributed by atoms with E-state index in [0.717, 1.165) is 17.3 Å². The normalized spacial score (nSPS) is 17.5. The summed E-state index contributed by atoms with van der Waals surface area (Å²) >= 11 is 0.988. The quantitative estimate of drug-likeness (QED) is 0.331. The molecule has 1 saturated heterocycles. The van der Waals surface area contributed by atoms with Gasteiger partial charge in [0.1, 0.15) is 5.75 Å². The van der Waals surface area contributed by atoms with E-state index in [4.69, 9.17) is 4.74 Å². The Balaban J connectivity index is 1.56. The monoisotopic (exact) mass is 410 g/mol. The minimum absolute atomic E-state index is 0.223. The van der Waals surface area contributed by atoms with Gasteiger partial charge in [-0.3, -0.25) is 4.79 Å². The van der Waals surface area contributed by atoms with Gasteiger partial charge in [-0.25, -0.2) is 4.79 Å². The number of carbonyl (C=O) groups is 3. The van der Waals surface area contributed by atoms with E-state index in [9.17, 15) is 19.5 Å². The number of hydrogen-bond donors (Lipinski definition) is 1. The lowest BCUT2D eigenvalue weighted by molar-refractivity contribution is -0.305. The Morgan fingerprint density at radius 2 is 1.86 bits per heavy atom. The van der Waals surface area contributed by atoms with E-state index in [0.29, 0.717) is 16.9 Å². The van der Waals surface area contributed by atoms with Crippen molar-refractivity contribution in [3.63, 3.8) is 0 Å². The van der Waals surface area contributed by atoms with Crippen LogP contribution in [0.5, 0.6) is 5.75 Å². The van der Waals surface area contributed by atoms with Gasteiger partial charge >= 0.3 is 5.97 Å². The number of rotatable bonds is 6. The number of aliphatic carboxylic acids is 1. The zero-order valence-corrected chi connectivity index (χ0v) is 16.1. The van der Waals surface area contributed by atoms with Gasteiger partial charge in [-0.05, 0) is 48.9 Å². The van der Waals surface area contributed by atoms with Gasteiger partial charge in [-0.2, -0.15) is 5.10 Å². The van der Waals surface area contributed by atoms with Crippen molar-refractivity contribution in [2.45, 2.75) is 18.6 Å². The van der Waals surface area contributed by atoms with Crippen molar-refractivity contribution in [2.24, 2.45) is 10.2 Å². The number of nitrogens with one attached hydrogen (secondary N) is 1. The summed E-state index contributed by atoms with van der Waals surface area (Å²) in [7, 11) is 0. The summed E-state index contributed by atoms with van der Waals surface area (Å²) in [5.41, 5.74) is 2.22. The van der Waals surface area contributed by atoms with Crippen molar-refractivity contribution < 1.29 is 24.2 Å². The lowest BCUT2D eigenvalue weighted by Crippen LogP contribution is -2.31. The maximum absolute atomic E-state index is 12.1. The van der Waals surface area contributed by atoms with E-state index in [2.05, 4.69) is 15.5 Å². The predicted octanol–water partition coefficient (Wildman–Crippen LogP) is 1.28. The smallest absolute Gasteiger partial charge is 0.343 e. The highest BCUT2D eigenvalue weighted by Crippen LogP contribution is 2.22. The Morgan fingerprint density at radius 1 is 1.17 bits per heavy atom. The van der Waals surface area contributed by atoms with Gasteiger partial charge in [0, 0.05) is 12.4 Å². The van der Waals surface area contributed by atoms with Crippen molar-refractivity contribution in [3.8, 4) is 5.75 Å². The first-order valence-electron chi connectivity index (χ1n) is 8.58. The number of amidine groups is 1. The van der Waals surface area contributed by atoms with E-state index >= 15 is 0 Å². The second kappa shape index (κ2) is 9.16. The van der Waals surface area contributed by atoms with Crippen molar-refractivity contribution in [3.05, 3.63) is 65.2 Å². The molecular formula is C20H16N3O5S-. The average Bonchev–Trinajstić information content (AvgIpc) is 3.02. The molecule has 0 aromatic heterocycles. The SMILES string of the molecule is Cc1ccc(C(=O)Oc2ccc(/C=N\N=C3\NC(=O)[C@@H](CC(=O)[O-])S3)cc2)cc1. The average molecular weight is 410 g/mol. The van der Waals surface area contributed by atoms with Crippen molar-refractivity contribution in [1.29, 1.82) is 0 Å². The molecule has 1 heterocycles. The lowest BCUT2D eigenvalue weighted by Gasteiger charge is -2.04. The molecule has 0 saturated carbocycles. The molecule has 1 aliphatic rings. The van der Waals surface area contributed by atoms with E-state index in [1.54, 1.807) is 36.4 Å². The molecule has 0 aliphatic carbocycles. The van der Waals surface area contributed by atoms with Crippen LogP contribution < -0.4 is 15.2 Å². The summed E-state index contributed by atoms with van der Waals surface area (Å²) in [6, 6.07) is 13.7. The number of carboxylic acids is 1. The van der Waals surface area contributed by atoms with Gasteiger partial charge < -0.3 is 20.0 Å². The number of hydrogen-bond acceptors (Lipinski definition) is 8. The van der Waals surface area contributed by atoms with Gasteiger partial charge in [0.15, 0.2) is 5.17 Å². The summed E-state index contributed by atoms with van der Waals surface area (Å²) in [6.07, 6.45) is 1.07. The van der Waals surface area contributed by atoms with Crippen LogP contribution in [0.2, 0.25) is 0 Å². The fraction of sp³-hybridized carbons (Fsp3) is 0.150. The third-order valence-corrected chi connectivity index (χ3v) is 4.93. The Labute approximate surface area is 170 Å². The number of ether oxygens (including phenoxy) is 1. The first kappa shape index (κ1) is 20.3. The van der Waals surface area contributed by atoms with Gasteiger partial charge in [-0.1, -0.05) is 29.5 Å².